The van der Waals surface area contributed by atoms with Gasteiger partial charge in [0.1, 0.15) is 11.8 Å². The zero-order chi connectivity index (χ0) is 41.7. The lowest BCUT2D eigenvalue weighted by molar-refractivity contribution is -0.139. The molecule has 1 atom stereocenters. The van der Waals surface area contributed by atoms with Crippen molar-refractivity contribution in [3.8, 4) is 5.75 Å². The van der Waals surface area contributed by atoms with E-state index in [1.54, 1.807) is 62.4 Å². The molecule has 0 saturated carbocycles. The minimum atomic E-state index is -3.64. The number of rotatable bonds is 20. The normalized spacial score (nSPS) is 11.8. The second-order valence-electron chi connectivity index (χ2n) is 12.3. The standard InChI is InChI=1S/C38H41N8O11P/c1-3-54-58(53,55-4-2)56-20-19-23-9-15-27(16-10-23)57-37(52)28-7-5-6-8-29(28)43-31(47)18-17-30(36(50)51)44-34(48)24-11-13-25(14-12-24)40-21-26-22-41-33-32(42-26)35(49)46-38(39)45-33/h5-16,22,30,40H,3-4,17-21H2,1-2H3,(H,43,47)(H,44,48)(H,50,51)(H3,39,41,45,46,49)/t30-/m0/s1. The first-order chi connectivity index (χ1) is 27.9. The maximum absolute atomic E-state index is 13.1. The third-order valence-electron chi connectivity index (χ3n) is 8.14. The van der Waals surface area contributed by atoms with Crippen LogP contribution in [0, 0.1) is 0 Å². The van der Waals surface area contributed by atoms with Gasteiger partial charge in [-0.3, -0.25) is 32.9 Å². The molecule has 304 valence electrons. The van der Waals surface area contributed by atoms with E-state index in [-0.39, 0.29) is 78.9 Å². The van der Waals surface area contributed by atoms with E-state index in [4.69, 9.17) is 24.0 Å². The molecule has 0 fully saturated rings. The van der Waals surface area contributed by atoms with Crippen LogP contribution in [0.1, 0.15) is 58.7 Å². The number of amides is 2. The first-order valence-electron chi connectivity index (χ1n) is 18.0. The van der Waals surface area contributed by atoms with Crippen LogP contribution in [0.25, 0.3) is 11.2 Å². The van der Waals surface area contributed by atoms with Crippen LogP contribution in [0.3, 0.4) is 0 Å². The quantitative estimate of drug-likeness (QED) is 0.0359. The molecule has 0 unspecified atom stereocenters. The van der Waals surface area contributed by atoms with Crippen molar-refractivity contribution < 1.29 is 47.2 Å². The maximum Gasteiger partial charge on any atom is 0.474 e. The predicted octanol–water partition coefficient (Wildman–Crippen LogP) is 4.47. The van der Waals surface area contributed by atoms with Gasteiger partial charge in [-0.05, 0) is 80.8 Å². The van der Waals surface area contributed by atoms with Crippen molar-refractivity contribution in [1.82, 2.24) is 25.3 Å². The van der Waals surface area contributed by atoms with Gasteiger partial charge in [-0.2, -0.15) is 4.98 Å². The Morgan fingerprint density at radius 2 is 1.64 bits per heavy atom. The summed E-state index contributed by atoms with van der Waals surface area (Å²) in [5, 5.41) is 17.9. The van der Waals surface area contributed by atoms with Crippen molar-refractivity contribution in [2.45, 2.75) is 45.7 Å². The Hall–Kier alpha value is -6.53. The number of H-pyrrole nitrogens is 1. The molecule has 2 heterocycles. The largest absolute Gasteiger partial charge is 0.480 e. The van der Waals surface area contributed by atoms with Gasteiger partial charge >= 0.3 is 19.8 Å². The highest BCUT2D eigenvalue weighted by Crippen LogP contribution is 2.49. The summed E-state index contributed by atoms with van der Waals surface area (Å²) in [5.74, 6) is -3.20. The minimum absolute atomic E-state index is 0.0343. The molecule has 0 bridgehead atoms. The first kappa shape index (κ1) is 42.6. The van der Waals surface area contributed by atoms with Gasteiger partial charge in [0.15, 0.2) is 11.2 Å². The van der Waals surface area contributed by atoms with Crippen molar-refractivity contribution >= 4 is 60.1 Å². The van der Waals surface area contributed by atoms with Crippen LogP contribution in [0.5, 0.6) is 5.75 Å². The van der Waals surface area contributed by atoms with Gasteiger partial charge in [0.25, 0.3) is 11.5 Å². The number of para-hydroxylation sites is 1. The smallest absolute Gasteiger partial charge is 0.474 e. The van der Waals surface area contributed by atoms with E-state index in [1.165, 1.54) is 30.5 Å². The number of hydrogen-bond acceptors (Lipinski definition) is 15. The van der Waals surface area contributed by atoms with Gasteiger partial charge in [-0.15, -0.1) is 0 Å². The number of carboxylic acid groups (broad SMARTS) is 1. The average molecular weight is 817 g/mol. The number of aromatic amines is 1. The van der Waals surface area contributed by atoms with Gasteiger partial charge in [-0.25, -0.2) is 24.1 Å². The van der Waals surface area contributed by atoms with Gasteiger partial charge in [0, 0.05) is 17.7 Å². The molecule has 19 nitrogen and oxygen atoms in total. The molecular formula is C38H41N8O11P. The van der Waals surface area contributed by atoms with Crippen LogP contribution in [0.2, 0.25) is 0 Å². The van der Waals surface area contributed by atoms with Crippen molar-refractivity contribution in [3.05, 3.63) is 112 Å². The number of aliphatic carboxylic acids is 1. The number of hydrogen-bond donors (Lipinski definition) is 6. The highest BCUT2D eigenvalue weighted by molar-refractivity contribution is 7.48. The number of nitrogens with two attached hydrogens (primary N) is 1. The molecule has 3 aromatic carbocycles. The third kappa shape index (κ3) is 12.0. The number of carbonyl (C=O) groups is 4. The molecule has 5 aromatic rings. The summed E-state index contributed by atoms with van der Waals surface area (Å²) in [6.45, 7) is 3.97. The van der Waals surface area contributed by atoms with Crippen molar-refractivity contribution in [2.75, 3.05) is 36.2 Å². The predicted molar refractivity (Wildman–Crippen MR) is 211 cm³/mol. The summed E-state index contributed by atoms with van der Waals surface area (Å²) in [7, 11) is -3.64. The van der Waals surface area contributed by atoms with Crippen molar-refractivity contribution in [3.63, 3.8) is 0 Å². The first-order valence-corrected chi connectivity index (χ1v) is 19.4. The number of nitrogens with zero attached hydrogens (tertiary/aromatic N) is 3. The summed E-state index contributed by atoms with van der Waals surface area (Å²) >= 11 is 0. The monoisotopic (exact) mass is 816 g/mol. The molecule has 2 amide bonds. The molecule has 0 aliphatic carbocycles. The second kappa shape index (κ2) is 20.1. The van der Waals surface area contributed by atoms with E-state index in [0.717, 1.165) is 5.56 Å². The molecule has 7 N–H and O–H groups in total. The molecule has 58 heavy (non-hydrogen) atoms. The number of nitrogens with one attached hydrogen (secondary N) is 4. The van der Waals surface area contributed by atoms with E-state index in [1.807, 2.05) is 0 Å². The van der Waals surface area contributed by atoms with Gasteiger partial charge in [0.05, 0.1) is 49.5 Å². The molecule has 20 heteroatoms. The molecule has 2 aromatic heterocycles. The Morgan fingerprint density at radius 3 is 2.33 bits per heavy atom. The number of ether oxygens (including phenoxy) is 1. The second-order valence-corrected chi connectivity index (χ2v) is 14.0. The van der Waals surface area contributed by atoms with E-state index in [9.17, 15) is 33.6 Å². The van der Waals surface area contributed by atoms with Crippen molar-refractivity contribution in [2.24, 2.45) is 0 Å². The Bertz CT molecular complexity index is 2350. The van der Waals surface area contributed by atoms with Gasteiger partial charge in [0.2, 0.25) is 11.9 Å². The van der Waals surface area contributed by atoms with Gasteiger partial charge in [-0.1, -0.05) is 24.3 Å². The van der Waals surface area contributed by atoms with Crippen LogP contribution in [-0.2, 0) is 40.7 Å². The molecule has 0 spiro atoms. The summed E-state index contributed by atoms with van der Waals surface area (Å²) in [6.07, 6.45) is 1.28. The lowest BCUT2D eigenvalue weighted by Crippen LogP contribution is -2.41. The Labute approximate surface area is 331 Å². The zero-order valence-electron chi connectivity index (χ0n) is 31.4. The zero-order valence-corrected chi connectivity index (χ0v) is 32.3. The summed E-state index contributed by atoms with van der Waals surface area (Å²) in [5.41, 5.74) is 7.39. The summed E-state index contributed by atoms with van der Waals surface area (Å²) < 4.78 is 33.6. The van der Waals surface area contributed by atoms with Gasteiger partial charge < -0.3 is 31.5 Å². The van der Waals surface area contributed by atoms with Crippen molar-refractivity contribution in [1.29, 1.82) is 0 Å². The Kier molecular flexibility index (Phi) is 14.7. The van der Waals surface area contributed by atoms with Crippen LogP contribution in [-0.4, -0.2) is 74.7 Å². The topological polar surface area (TPSA) is 276 Å². The van der Waals surface area contributed by atoms with Crippen LogP contribution in [0.15, 0.2) is 83.8 Å². The fraction of sp³-hybridized carbons (Fsp3) is 0.263. The number of aromatic nitrogens is 4. The van der Waals surface area contributed by atoms with Crippen LogP contribution in [0.4, 0.5) is 17.3 Å². The Morgan fingerprint density at radius 1 is 0.931 bits per heavy atom. The minimum Gasteiger partial charge on any atom is -0.480 e. The summed E-state index contributed by atoms with van der Waals surface area (Å²) in [4.78, 5) is 77.8. The third-order valence-corrected chi connectivity index (χ3v) is 9.79. The molecule has 0 radical (unpaired) electrons. The SMILES string of the molecule is CCOP(=O)(OCC)OCCc1ccc(OC(=O)c2ccccc2NC(=O)CC[C@H](NC(=O)c2ccc(NCc3cnc4nc(N)[nH]c(=O)c4n3)cc2)C(=O)O)cc1. The number of phosphoric ester groups is 1. The number of carbonyl (C=O) groups excluding carboxylic acids is 3. The lowest BCUT2D eigenvalue weighted by atomic mass is 10.1. The number of esters is 1. The number of nitrogen functional groups attached to an aromatic ring is 1. The highest BCUT2D eigenvalue weighted by Gasteiger charge is 2.25. The molecular weight excluding hydrogens is 775 g/mol. The molecule has 0 aliphatic heterocycles. The van der Waals surface area contributed by atoms with Crippen LogP contribution < -0.4 is 32.0 Å². The van der Waals surface area contributed by atoms with E-state index < -0.39 is 43.2 Å². The Balaban J connectivity index is 1.09. The summed E-state index contributed by atoms with van der Waals surface area (Å²) in [6, 6.07) is 17.5. The molecule has 0 aliphatic rings. The average Bonchev–Trinajstić information content (AvgIpc) is 3.19. The van der Waals surface area contributed by atoms with E-state index in [0.29, 0.717) is 17.8 Å². The number of fused-ring (bicyclic) bond motifs is 1. The van der Waals surface area contributed by atoms with E-state index in [2.05, 4.69) is 35.9 Å². The fourth-order valence-electron chi connectivity index (χ4n) is 5.33. The lowest BCUT2D eigenvalue weighted by Gasteiger charge is -2.16. The maximum atomic E-state index is 13.1. The number of anilines is 3. The van der Waals surface area contributed by atoms with E-state index >= 15 is 0 Å². The molecule has 0 saturated heterocycles. The number of benzene rings is 3. The molecule has 5 rings (SSSR count). The number of phosphoric acid groups is 1. The number of carboxylic acids is 1. The fourth-order valence-corrected chi connectivity index (χ4v) is 6.51. The van der Waals surface area contributed by atoms with Crippen LogP contribution >= 0.6 is 7.82 Å². The highest BCUT2D eigenvalue weighted by atomic mass is 31.2.